The molecule has 8 heteroatoms. The summed E-state index contributed by atoms with van der Waals surface area (Å²) in [7, 11) is 1.31. The Morgan fingerprint density at radius 2 is 1.12 bits per heavy atom. The first kappa shape index (κ1) is 29.5. The summed E-state index contributed by atoms with van der Waals surface area (Å²) < 4.78 is 4.74. The normalized spacial score (nSPS) is 10.7. The Morgan fingerprint density at radius 1 is 0.667 bits per heavy atom. The van der Waals surface area contributed by atoms with Crippen LogP contribution in [0.5, 0.6) is 0 Å². The molecule has 0 spiro atoms. The molecule has 0 heterocycles. The van der Waals surface area contributed by atoms with Crippen LogP contribution in [0.1, 0.15) is 40.9 Å². The van der Waals surface area contributed by atoms with Gasteiger partial charge in [-0.25, -0.2) is 4.79 Å². The highest BCUT2D eigenvalue weighted by atomic mass is 16.5. The van der Waals surface area contributed by atoms with Crippen LogP contribution in [0, 0.1) is 0 Å². The van der Waals surface area contributed by atoms with Crippen LogP contribution in [0.2, 0.25) is 0 Å². The number of benzene rings is 4. The average molecular weight is 563 g/mol. The Bertz CT molecular complexity index is 1620. The first-order valence-electron chi connectivity index (χ1n) is 13.1. The van der Waals surface area contributed by atoms with Crippen molar-refractivity contribution in [3.8, 4) is 0 Å². The highest BCUT2D eigenvalue weighted by Crippen LogP contribution is 2.31. The lowest BCUT2D eigenvalue weighted by Crippen LogP contribution is -2.24. The van der Waals surface area contributed by atoms with Crippen LogP contribution in [-0.2, 0) is 25.5 Å². The molecular formula is C34H30N2O6. The zero-order valence-electron chi connectivity index (χ0n) is 23.5. The summed E-state index contributed by atoms with van der Waals surface area (Å²) in [4.78, 5) is 51.1. The molecule has 4 aromatic carbocycles. The monoisotopic (exact) mass is 562 g/mol. The third kappa shape index (κ3) is 7.17. The lowest BCUT2D eigenvalue weighted by Gasteiger charge is -2.24. The van der Waals surface area contributed by atoms with E-state index >= 15 is 0 Å². The van der Waals surface area contributed by atoms with Crippen LogP contribution in [0.25, 0.3) is 12.2 Å². The minimum atomic E-state index is -0.876. The predicted octanol–water partition coefficient (Wildman–Crippen LogP) is 6.64. The zero-order chi connectivity index (χ0) is 30.2. The van der Waals surface area contributed by atoms with E-state index in [1.165, 1.54) is 25.9 Å². The van der Waals surface area contributed by atoms with Crippen molar-refractivity contribution in [2.24, 2.45) is 0 Å². The number of methoxy groups -OCH3 is 1. The smallest absolute Gasteiger partial charge is 0.337 e. The molecular weight excluding hydrogens is 532 g/mol. The third-order valence-electron chi connectivity index (χ3n) is 6.47. The van der Waals surface area contributed by atoms with Gasteiger partial charge in [-0.2, -0.15) is 0 Å². The van der Waals surface area contributed by atoms with E-state index in [0.29, 0.717) is 28.3 Å². The molecule has 0 unspecified atom stereocenters. The number of anilines is 4. The van der Waals surface area contributed by atoms with Crippen molar-refractivity contribution < 1.29 is 29.0 Å². The van der Waals surface area contributed by atoms with Gasteiger partial charge < -0.3 is 9.84 Å². The summed E-state index contributed by atoms with van der Waals surface area (Å²) in [6, 6.07) is 28.4. The summed E-state index contributed by atoms with van der Waals surface area (Å²) in [5.74, 6) is -1.73. The van der Waals surface area contributed by atoms with Gasteiger partial charge in [0, 0.05) is 36.6 Å². The molecule has 0 atom stereocenters. The number of esters is 1. The number of nitrogens with zero attached hydrogens (tertiary/aromatic N) is 2. The molecule has 42 heavy (non-hydrogen) atoms. The minimum Gasteiger partial charge on any atom is -0.481 e. The number of carboxylic acid groups (broad SMARTS) is 1. The first-order chi connectivity index (χ1) is 20.2. The molecule has 2 amide bonds. The molecule has 0 aliphatic heterocycles. The topological polar surface area (TPSA) is 104 Å². The van der Waals surface area contributed by atoms with Gasteiger partial charge in [0.25, 0.3) is 0 Å². The van der Waals surface area contributed by atoms with Gasteiger partial charge in [0.2, 0.25) is 11.8 Å². The van der Waals surface area contributed by atoms with Crippen molar-refractivity contribution in [2.45, 2.75) is 20.3 Å². The maximum atomic E-state index is 12.7. The number of aliphatic carboxylic acids is 1. The van der Waals surface area contributed by atoms with Crippen LogP contribution in [0.3, 0.4) is 0 Å². The molecule has 0 aliphatic rings. The van der Waals surface area contributed by atoms with Crippen molar-refractivity contribution in [2.75, 3.05) is 16.9 Å². The molecule has 0 aliphatic carbocycles. The number of carbonyl (C=O) groups is 4. The highest BCUT2D eigenvalue weighted by Gasteiger charge is 2.18. The van der Waals surface area contributed by atoms with Crippen LogP contribution in [-0.4, -0.2) is 36.0 Å². The zero-order valence-corrected chi connectivity index (χ0v) is 23.5. The Morgan fingerprint density at radius 3 is 1.57 bits per heavy atom. The lowest BCUT2D eigenvalue weighted by molar-refractivity contribution is -0.136. The SMILES string of the molecule is COC(=O)c1ccc(N(C(C)=O)c2ccc(N(C(C)=O)c3ccc(C=Cc4cccc(CC(=O)O)c4)cc3)cc2)cc1. The van der Waals surface area contributed by atoms with Gasteiger partial charge >= 0.3 is 11.9 Å². The summed E-state index contributed by atoms with van der Waals surface area (Å²) in [6.45, 7) is 2.93. The van der Waals surface area contributed by atoms with E-state index in [0.717, 1.165) is 16.7 Å². The van der Waals surface area contributed by atoms with E-state index in [-0.39, 0.29) is 18.2 Å². The number of rotatable bonds is 9. The second-order valence-electron chi connectivity index (χ2n) is 9.50. The largest absolute Gasteiger partial charge is 0.481 e. The second-order valence-corrected chi connectivity index (χ2v) is 9.50. The predicted molar refractivity (Wildman–Crippen MR) is 163 cm³/mol. The molecule has 8 nitrogen and oxygen atoms in total. The van der Waals surface area contributed by atoms with Gasteiger partial charge in [0.05, 0.1) is 19.1 Å². The fraction of sp³-hybridized carbons (Fsp3) is 0.118. The Hall–Kier alpha value is -5.50. The number of carbonyl (C=O) groups excluding carboxylic acids is 3. The van der Waals surface area contributed by atoms with Crippen molar-refractivity contribution >= 4 is 58.7 Å². The third-order valence-corrected chi connectivity index (χ3v) is 6.47. The quantitative estimate of drug-likeness (QED) is 0.181. The molecule has 4 aromatic rings. The van der Waals surface area contributed by atoms with Gasteiger partial charge in [-0.05, 0) is 77.4 Å². The number of amides is 2. The van der Waals surface area contributed by atoms with E-state index in [9.17, 15) is 19.2 Å². The number of carboxylic acids is 1. The van der Waals surface area contributed by atoms with Crippen LogP contribution >= 0.6 is 0 Å². The molecule has 212 valence electrons. The van der Waals surface area contributed by atoms with Crippen molar-refractivity contribution in [1.29, 1.82) is 0 Å². The Balaban J connectivity index is 1.53. The summed E-state index contributed by atoms with van der Waals surface area (Å²) in [5, 5.41) is 9.02. The summed E-state index contributed by atoms with van der Waals surface area (Å²) in [5.41, 5.74) is 5.41. The van der Waals surface area contributed by atoms with E-state index in [1.54, 1.807) is 59.5 Å². The Labute approximate surface area is 244 Å². The van der Waals surface area contributed by atoms with Gasteiger partial charge in [0.1, 0.15) is 0 Å². The number of hydrogen-bond acceptors (Lipinski definition) is 5. The van der Waals surface area contributed by atoms with Gasteiger partial charge in [-0.1, -0.05) is 48.6 Å². The molecule has 0 saturated carbocycles. The van der Waals surface area contributed by atoms with Crippen LogP contribution in [0.15, 0.2) is 97.1 Å². The van der Waals surface area contributed by atoms with Gasteiger partial charge in [-0.15, -0.1) is 0 Å². The second kappa shape index (κ2) is 13.2. The molecule has 0 saturated heterocycles. The Kier molecular flexibility index (Phi) is 9.29. The van der Waals surface area contributed by atoms with Crippen LogP contribution in [0.4, 0.5) is 22.7 Å². The molecule has 4 rings (SSSR count). The molecule has 0 radical (unpaired) electrons. The van der Waals surface area contributed by atoms with Crippen molar-refractivity contribution in [3.63, 3.8) is 0 Å². The van der Waals surface area contributed by atoms with Gasteiger partial charge in [0.15, 0.2) is 0 Å². The van der Waals surface area contributed by atoms with Crippen LogP contribution < -0.4 is 9.80 Å². The number of hydrogen-bond donors (Lipinski definition) is 1. The molecule has 0 aromatic heterocycles. The number of ether oxygens (including phenoxy) is 1. The van der Waals surface area contributed by atoms with Crippen molar-refractivity contribution in [3.05, 3.63) is 119 Å². The van der Waals surface area contributed by atoms with E-state index in [2.05, 4.69) is 0 Å². The summed E-state index contributed by atoms with van der Waals surface area (Å²) >= 11 is 0. The average Bonchev–Trinajstić information content (AvgIpc) is 2.97. The fourth-order valence-corrected chi connectivity index (χ4v) is 4.55. The van der Waals surface area contributed by atoms with Crippen molar-refractivity contribution in [1.82, 2.24) is 0 Å². The first-order valence-corrected chi connectivity index (χ1v) is 13.1. The molecule has 0 bridgehead atoms. The van der Waals surface area contributed by atoms with E-state index < -0.39 is 11.9 Å². The van der Waals surface area contributed by atoms with E-state index in [4.69, 9.17) is 9.84 Å². The van der Waals surface area contributed by atoms with Gasteiger partial charge in [-0.3, -0.25) is 24.2 Å². The van der Waals surface area contributed by atoms with E-state index in [1.807, 2.05) is 54.6 Å². The maximum Gasteiger partial charge on any atom is 0.337 e. The highest BCUT2D eigenvalue weighted by molar-refractivity contribution is 6.02. The maximum absolute atomic E-state index is 12.7. The summed E-state index contributed by atoms with van der Waals surface area (Å²) in [6.07, 6.45) is 3.80. The fourth-order valence-electron chi connectivity index (χ4n) is 4.55. The molecule has 0 fully saturated rings. The minimum absolute atomic E-state index is 0.0326. The lowest BCUT2D eigenvalue weighted by atomic mass is 10.1. The molecule has 1 N–H and O–H groups in total. The standard InChI is InChI=1S/C34H30N2O6/c1-23(37)35(29-13-9-25(10-14-29)7-8-26-5-4-6-27(21-26)22-33(39)40)31-17-19-32(20-18-31)36(24(2)38)30-15-11-28(12-16-30)34(41)42-3/h4-21H,22H2,1-3H3,(H,39,40).